The van der Waals surface area contributed by atoms with Gasteiger partial charge in [0.05, 0.1) is 105 Å². The maximum absolute atomic E-state index is 8.58. The van der Waals surface area contributed by atoms with E-state index in [9.17, 15) is 0 Å². The molecule has 10 nitrogen and oxygen atoms in total. The standard InChI is InChI=1S/4C16H36N.6CN.Fe/c4*1-5-9-13-17(14-10-6-2,15-11-7-3)16-12-8-4;6*1-2;/h4*5-16H2,1-4H3;;;;;;;/q4*+1;;;;;;;-4. The third-order valence-electron chi connectivity index (χ3n) is 17.0. The van der Waals surface area contributed by atoms with E-state index in [4.69, 9.17) is 31.6 Å². The number of hydrogen-bond donors (Lipinski definition) is 0. The van der Waals surface area contributed by atoms with Crippen LogP contribution in [0, 0.1) is 61.4 Å². The van der Waals surface area contributed by atoms with Crippen molar-refractivity contribution in [3.8, 4) is 29.8 Å². The summed E-state index contributed by atoms with van der Waals surface area (Å²) in [6, 6.07) is 0. The molecular weight excluding hydrogens is 1040 g/mol. The second-order valence-electron chi connectivity index (χ2n) is 24.4. The van der Waals surface area contributed by atoms with Crippen LogP contribution in [0.4, 0.5) is 0 Å². The predicted molar refractivity (Wildman–Crippen MR) is 351 cm³/mol. The first kappa shape index (κ1) is 87.1. The Bertz CT molecular complexity index is 1250. The molecule has 81 heavy (non-hydrogen) atoms. The number of quaternary nitrogens is 4. The van der Waals surface area contributed by atoms with Gasteiger partial charge in [0.2, 0.25) is 0 Å². The summed E-state index contributed by atoms with van der Waals surface area (Å²) in [5.41, 5.74) is 0. The summed E-state index contributed by atoms with van der Waals surface area (Å²) >= 11 is 0. The SMILES string of the molecule is CCCC[N+](CCCC)(CCCC)CCCC.CCCC[N+](CCCC)(CCCC)CCCC.CCCC[N+](CCCC)(CCCC)CCCC.CCCC[N+](CCCC)(CCCC)CCCC.N#[C][Fe-4]([C]#N)([C]#N)([C]#N)([C]#N)[C]#N. The molecule has 0 saturated carbocycles. The summed E-state index contributed by atoms with van der Waals surface area (Å²) in [5.74, 6) is 0. The Hall–Kier alpha value is -2.70. The fourth-order valence-electron chi connectivity index (χ4n) is 10.8. The van der Waals surface area contributed by atoms with Gasteiger partial charge in [-0.3, -0.25) is 0 Å². The molecule has 0 bridgehead atoms. The summed E-state index contributed by atoms with van der Waals surface area (Å²) < 4.78 is 5.68. The molecule has 0 saturated heterocycles. The molecule has 0 aliphatic carbocycles. The second-order valence-corrected chi connectivity index (χ2v) is 30.0. The monoisotopic (exact) mass is 1180 g/mol. The second kappa shape index (κ2) is 55.2. The zero-order valence-corrected chi connectivity index (χ0v) is 58.9. The first-order valence-electron chi connectivity index (χ1n) is 34.8. The fourth-order valence-corrected chi connectivity index (χ4v) is 11.7. The molecule has 0 aromatic heterocycles. The van der Waals surface area contributed by atoms with Crippen LogP contribution in [0.1, 0.15) is 316 Å². The van der Waals surface area contributed by atoms with Gasteiger partial charge in [0.15, 0.2) is 0 Å². The average Bonchev–Trinajstić information content (AvgIpc) is 3.52. The minimum atomic E-state index is -6.17. The Balaban J connectivity index is -0.000000298. The summed E-state index contributed by atoms with van der Waals surface area (Å²) in [6.07, 6.45) is 44.2. The van der Waals surface area contributed by atoms with E-state index in [1.165, 1.54) is 328 Å². The van der Waals surface area contributed by atoms with Crippen molar-refractivity contribution < 1.29 is 28.7 Å². The number of unbranched alkanes of at least 4 members (excludes halogenated alkanes) is 16. The van der Waals surface area contributed by atoms with Crippen LogP contribution in [0.25, 0.3) is 0 Å². The van der Waals surface area contributed by atoms with Crippen LogP contribution in [0.5, 0.6) is 0 Å². The molecule has 0 aliphatic rings. The zero-order chi connectivity index (χ0) is 62.6. The van der Waals surface area contributed by atoms with Crippen molar-refractivity contribution in [3.05, 3.63) is 0 Å². The molecule has 0 spiro atoms. The van der Waals surface area contributed by atoms with Crippen LogP contribution in [-0.2, 0) is 10.7 Å². The van der Waals surface area contributed by atoms with E-state index in [-0.39, 0.29) is 0 Å². The van der Waals surface area contributed by atoms with E-state index in [1.807, 2.05) is 0 Å². The molecular formula is C70H144FeN10. The van der Waals surface area contributed by atoms with Crippen LogP contribution in [0.2, 0.25) is 0 Å². The van der Waals surface area contributed by atoms with Crippen LogP contribution in [-0.4, -0.2) is 123 Å². The van der Waals surface area contributed by atoms with Gasteiger partial charge in [0.25, 0.3) is 0 Å². The quantitative estimate of drug-likeness (QED) is 0.0438. The molecule has 0 heterocycles. The van der Waals surface area contributed by atoms with Crippen molar-refractivity contribution in [2.24, 2.45) is 0 Å². The molecule has 0 aromatic carbocycles. The first-order chi connectivity index (χ1) is 38.9. The molecule has 0 fully saturated rings. The zero-order valence-electron chi connectivity index (χ0n) is 57.8. The number of nitriles is 6. The van der Waals surface area contributed by atoms with E-state index >= 15 is 0 Å². The van der Waals surface area contributed by atoms with Crippen molar-refractivity contribution >= 4 is 0 Å². The maximum atomic E-state index is 8.58. The van der Waals surface area contributed by atoms with Gasteiger partial charge in [-0.05, 0) is 103 Å². The third-order valence-corrected chi connectivity index (χ3v) is 20.7. The fraction of sp³-hybridized carbons (Fsp3) is 0.914. The predicted octanol–water partition coefficient (Wildman–Crippen LogP) is 20.1. The summed E-state index contributed by atoms with van der Waals surface area (Å²) in [5, 5.41) is 51.5. The molecule has 0 amide bonds. The summed E-state index contributed by atoms with van der Waals surface area (Å²) in [4.78, 5) is 6.19. The normalized spacial score (nSPS) is 12.2. The van der Waals surface area contributed by atoms with Gasteiger partial charge in [0, 0.05) is 0 Å². The van der Waals surface area contributed by atoms with E-state index in [1.54, 1.807) is 0 Å². The Morgan fingerprint density at radius 1 is 0.173 bits per heavy atom. The minimum absolute atomic E-state index is 1.03. The molecule has 0 atom stereocenters. The Morgan fingerprint density at radius 3 is 0.284 bits per heavy atom. The summed E-state index contributed by atoms with van der Waals surface area (Å²) in [6.45, 7) is 60.1. The topological polar surface area (TPSA) is 143 Å². The Morgan fingerprint density at radius 2 is 0.247 bits per heavy atom. The molecule has 0 aromatic rings. The van der Waals surface area contributed by atoms with E-state index in [0.29, 0.717) is 0 Å². The van der Waals surface area contributed by atoms with Crippen LogP contribution < -0.4 is 0 Å². The van der Waals surface area contributed by atoms with Gasteiger partial charge in [-0.25, -0.2) is 0 Å². The molecule has 0 radical (unpaired) electrons. The molecule has 0 N–H and O–H groups in total. The van der Waals surface area contributed by atoms with Crippen molar-refractivity contribution in [2.75, 3.05) is 105 Å². The molecule has 0 aliphatic heterocycles. The average molecular weight is 1180 g/mol. The molecule has 0 rings (SSSR count). The van der Waals surface area contributed by atoms with Gasteiger partial charge >= 0.3 is 72.1 Å². The number of nitrogens with zero attached hydrogens (tertiary/aromatic N) is 10. The first-order valence-corrected chi connectivity index (χ1v) is 38.1. The van der Waals surface area contributed by atoms with Crippen molar-refractivity contribution in [1.29, 1.82) is 31.6 Å². The van der Waals surface area contributed by atoms with Gasteiger partial charge in [-0.15, -0.1) is 0 Å². The van der Waals surface area contributed by atoms with Gasteiger partial charge in [-0.2, -0.15) is 0 Å². The molecule has 482 valence electrons. The molecule has 0 unspecified atom stereocenters. The van der Waals surface area contributed by atoms with Crippen molar-refractivity contribution in [2.45, 2.75) is 316 Å². The summed E-state index contributed by atoms with van der Waals surface area (Å²) in [7, 11) is -6.17. The van der Waals surface area contributed by atoms with E-state index < -0.39 is 10.7 Å². The Kier molecular flexibility index (Phi) is 59.3. The van der Waals surface area contributed by atoms with Gasteiger partial charge in [0.1, 0.15) is 0 Å². The van der Waals surface area contributed by atoms with Crippen molar-refractivity contribution in [1.82, 2.24) is 0 Å². The number of hydrogen-bond acceptors (Lipinski definition) is 6. The van der Waals surface area contributed by atoms with E-state index in [0.717, 1.165) is 29.8 Å². The van der Waals surface area contributed by atoms with Crippen LogP contribution in [0.15, 0.2) is 0 Å². The van der Waals surface area contributed by atoms with Gasteiger partial charge < -0.3 is 17.9 Å². The van der Waals surface area contributed by atoms with Crippen molar-refractivity contribution in [3.63, 3.8) is 0 Å². The molecule has 11 heteroatoms. The van der Waals surface area contributed by atoms with E-state index in [2.05, 4.69) is 111 Å². The number of rotatable bonds is 48. The third kappa shape index (κ3) is 38.1. The van der Waals surface area contributed by atoms with Crippen LogP contribution >= 0.6 is 0 Å². The van der Waals surface area contributed by atoms with Crippen LogP contribution in [0.3, 0.4) is 0 Å². The van der Waals surface area contributed by atoms with Gasteiger partial charge in [-0.1, -0.05) is 214 Å². The Labute approximate surface area is 508 Å².